The maximum atomic E-state index is 14.1. The number of ketones is 2. The number of nitrogens with one attached hydrogen (secondary N) is 2. The summed E-state index contributed by atoms with van der Waals surface area (Å²) in [7, 11) is 0. The van der Waals surface area contributed by atoms with Crippen molar-refractivity contribution in [2.24, 2.45) is 0 Å². The van der Waals surface area contributed by atoms with Crippen LogP contribution in [0.4, 0.5) is 4.39 Å². The molecule has 1 aromatic carbocycles. The van der Waals surface area contributed by atoms with Gasteiger partial charge in [-0.3, -0.25) is 14.4 Å². The summed E-state index contributed by atoms with van der Waals surface area (Å²) in [5, 5.41) is 3.40. The quantitative estimate of drug-likeness (QED) is 0.299. The molecule has 186 valence electrons. The molecule has 1 aliphatic carbocycles. The highest BCUT2D eigenvalue weighted by atomic mass is 19.1. The zero-order chi connectivity index (χ0) is 26.3. The zero-order valence-corrected chi connectivity index (χ0v) is 20.0. The second kappa shape index (κ2) is 9.38. The van der Waals surface area contributed by atoms with E-state index in [0.29, 0.717) is 28.2 Å². The van der Waals surface area contributed by atoms with E-state index in [0.717, 1.165) is 12.5 Å². The number of pyridine rings is 2. The van der Waals surface area contributed by atoms with Gasteiger partial charge in [-0.2, -0.15) is 0 Å². The van der Waals surface area contributed by atoms with Crippen molar-refractivity contribution in [3.05, 3.63) is 70.9 Å². The van der Waals surface area contributed by atoms with Crippen LogP contribution in [0.3, 0.4) is 0 Å². The number of esters is 1. The molecule has 2 N–H and O–H groups in total. The summed E-state index contributed by atoms with van der Waals surface area (Å²) < 4.78 is 19.4. The number of halogens is 1. The van der Waals surface area contributed by atoms with Crippen LogP contribution in [0.5, 0.6) is 0 Å². The molecule has 0 aliphatic heterocycles. The SMILES string of the molecule is CCCCOC(=O)c1cc2c([nH]c3ccc(F)cc32)c(-c2ccc3c(n2)C(=O)C(NC(C)=O)=CC3=O)n1. The third-order valence-electron chi connectivity index (χ3n) is 5.94. The minimum Gasteiger partial charge on any atom is -0.461 e. The van der Waals surface area contributed by atoms with Gasteiger partial charge in [0.25, 0.3) is 0 Å². The van der Waals surface area contributed by atoms with Crippen molar-refractivity contribution in [1.82, 2.24) is 20.3 Å². The molecule has 9 nitrogen and oxygen atoms in total. The number of hydrogen-bond acceptors (Lipinski definition) is 7. The van der Waals surface area contributed by atoms with E-state index in [1.54, 1.807) is 6.07 Å². The lowest BCUT2D eigenvalue weighted by Gasteiger charge is -2.15. The van der Waals surface area contributed by atoms with Crippen molar-refractivity contribution in [1.29, 1.82) is 0 Å². The van der Waals surface area contributed by atoms with Crippen molar-refractivity contribution < 1.29 is 28.3 Å². The van der Waals surface area contributed by atoms with Crippen LogP contribution in [0.15, 0.2) is 48.2 Å². The van der Waals surface area contributed by atoms with Gasteiger partial charge in [-0.25, -0.2) is 19.2 Å². The van der Waals surface area contributed by atoms with E-state index in [1.165, 1.54) is 37.3 Å². The van der Waals surface area contributed by atoms with Crippen molar-refractivity contribution in [3.63, 3.8) is 0 Å². The maximum Gasteiger partial charge on any atom is 0.356 e. The number of hydrogen-bond donors (Lipinski definition) is 2. The lowest BCUT2D eigenvalue weighted by atomic mass is 9.96. The second-order valence-electron chi connectivity index (χ2n) is 8.61. The Balaban J connectivity index is 1.69. The Hall–Kier alpha value is -4.73. The summed E-state index contributed by atoms with van der Waals surface area (Å²) in [4.78, 5) is 62.0. The first-order valence-corrected chi connectivity index (χ1v) is 11.7. The summed E-state index contributed by atoms with van der Waals surface area (Å²) in [5.74, 6) is -2.72. The summed E-state index contributed by atoms with van der Waals surface area (Å²) in [6.45, 7) is 3.42. The van der Waals surface area contributed by atoms with Crippen LogP contribution in [0.1, 0.15) is 58.0 Å². The molecule has 0 bridgehead atoms. The number of unbranched alkanes of at least 4 members (excludes halogenated alkanes) is 1. The molecule has 0 atom stereocenters. The van der Waals surface area contributed by atoms with E-state index >= 15 is 0 Å². The van der Waals surface area contributed by atoms with Crippen LogP contribution < -0.4 is 5.32 Å². The fraction of sp³-hybridized carbons (Fsp3) is 0.185. The number of benzene rings is 1. The summed E-state index contributed by atoms with van der Waals surface area (Å²) >= 11 is 0. The third-order valence-corrected chi connectivity index (χ3v) is 5.94. The molecule has 0 saturated heterocycles. The molecule has 37 heavy (non-hydrogen) atoms. The highest BCUT2D eigenvalue weighted by Gasteiger charge is 2.29. The van der Waals surface area contributed by atoms with Gasteiger partial charge in [0.1, 0.15) is 22.9 Å². The number of carbonyl (C=O) groups excluding carboxylic acids is 4. The third kappa shape index (κ3) is 4.37. The van der Waals surface area contributed by atoms with E-state index in [9.17, 15) is 23.6 Å². The molecule has 5 rings (SSSR count). The fourth-order valence-electron chi connectivity index (χ4n) is 4.19. The molecule has 0 unspecified atom stereocenters. The van der Waals surface area contributed by atoms with Crippen molar-refractivity contribution in [2.75, 3.05) is 6.61 Å². The Labute approximate surface area is 209 Å². The lowest BCUT2D eigenvalue weighted by molar-refractivity contribution is -0.118. The standard InChI is InChI=1S/C27H21FN4O5/c1-3-4-9-37-27(36)21-11-17-16-10-14(28)5-7-18(16)30-23(17)25(32-21)19-8-6-15-22(34)12-20(29-13(2)33)26(35)24(15)31-19/h5-8,10-12,30H,3-4,9H2,1-2H3,(H,29,33). The van der Waals surface area contributed by atoms with Gasteiger partial charge in [-0.1, -0.05) is 13.3 Å². The minimum atomic E-state index is -0.651. The van der Waals surface area contributed by atoms with Gasteiger partial charge in [-0.15, -0.1) is 0 Å². The van der Waals surface area contributed by atoms with E-state index < -0.39 is 29.3 Å². The predicted molar refractivity (Wildman–Crippen MR) is 133 cm³/mol. The van der Waals surface area contributed by atoms with Crippen LogP contribution in [0.2, 0.25) is 0 Å². The van der Waals surface area contributed by atoms with Crippen molar-refractivity contribution in [2.45, 2.75) is 26.7 Å². The average Bonchev–Trinajstić information content (AvgIpc) is 3.24. The first-order valence-electron chi connectivity index (χ1n) is 11.7. The Morgan fingerprint density at radius 1 is 1.05 bits per heavy atom. The largest absolute Gasteiger partial charge is 0.461 e. The number of Topliss-reactive ketones (excluding diaryl/α,β-unsaturated/α-hetero) is 1. The van der Waals surface area contributed by atoms with Gasteiger partial charge in [0.05, 0.1) is 29.1 Å². The van der Waals surface area contributed by atoms with Gasteiger partial charge in [-0.05, 0) is 42.8 Å². The van der Waals surface area contributed by atoms with Gasteiger partial charge in [0.15, 0.2) is 5.78 Å². The molecule has 0 fully saturated rings. The molecule has 1 aliphatic rings. The Bertz CT molecular complexity index is 1670. The first-order chi connectivity index (χ1) is 17.8. The molecule has 3 aromatic heterocycles. The number of aromatic amines is 1. The predicted octanol–water partition coefficient (Wildman–Crippen LogP) is 4.27. The van der Waals surface area contributed by atoms with E-state index in [4.69, 9.17) is 4.74 Å². The number of aromatic nitrogens is 3. The number of carbonyl (C=O) groups is 4. The van der Waals surface area contributed by atoms with Crippen LogP contribution in [-0.2, 0) is 9.53 Å². The molecular formula is C27H21FN4O5. The molecule has 0 saturated carbocycles. The van der Waals surface area contributed by atoms with Crippen LogP contribution in [-0.4, -0.2) is 45.0 Å². The molecular weight excluding hydrogens is 479 g/mol. The normalized spacial score (nSPS) is 13.0. The topological polar surface area (TPSA) is 131 Å². The fourth-order valence-corrected chi connectivity index (χ4v) is 4.19. The number of ether oxygens (including phenoxy) is 1. The summed E-state index contributed by atoms with van der Waals surface area (Å²) in [6, 6.07) is 8.71. The number of amides is 1. The van der Waals surface area contributed by atoms with Crippen molar-refractivity contribution >= 4 is 45.2 Å². The Morgan fingerprint density at radius 2 is 1.86 bits per heavy atom. The lowest BCUT2D eigenvalue weighted by Crippen LogP contribution is -2.30. The number of H-pyrrole nitrogens is 1. The molecule has 10 heteroatoms. The maximum absolute atomic E-state index is 14.1. The summed E-state index contributed by atoms with van der Waals surface area (Å²) in [6.07, 6.45) is 2.59. The van der Waals surface area contributed by atoms with Crippen LogP contribution in [0, 0.1) is 5.82 Å². The average molecular weight is 500 g/mol. The molecule has 0 radical (unpaired) electrons. The van der Waals surface area contributed by atoms with Crippen LogP contribution in [0.25, 0.3) is 33.2 Å². The number of allylic oxidation sites excluding steroid dienone is 2. The Kier molecular flexibility index (Phi) is 6.08. The van der Waals surface area contributed by atoms with Crippen LogP contribution >= 0.6 is 0 Å². The zero-order valence-electron chi connectivity index (χ0n) is 20.0. The Morgan fingerprint density at radius 3 is 2.62 bits per heavy atom. The van der Waals surface area contributed by atoms with Gasteiger partial charge in [0, 0.05) is 29.3 Å². The number of rotatable bonds is 6. The smallest absolute Gasteiger partial charge is 0.356 e. The molecule has 0 spiro atoms. The second-order valence-corrected chi connectivity index (χ2v) is 8.61. The number of nitrogens with zero attached hydrogens (tertiary/aromatic N) is 2. The van der Waals surface area contributed by atoms with Gasteiger partial charge in [0.2, 0.25) is 11.7 Å². The first kappa shape index (κ1) is 24.0. The van der Waals surface area contributed by atoms with Gasteiger partial charge >= 0.3 is 5.97 Å². The minimum absolute atomic E-state index is 0.00970. The van der Waals surface area contributed by atoms with Gasteiger partial charge < -0.3 is 15.0 Å². The summed E-state index contributed by atoms with van der Waals surface area (Å²) in [5.41, 5.74) is 1.22. The monoisotopic (exact) mass is 500 g/mol. The molecule has 3 heterocycles. The van der Waals surface area contributed by atoms with E-state index in [-0.39, 0.29) is 40.6 Å². The molecule has 1 amide bonds. The van der Waals surface area contributed by atoms with Crippen molar-refractivity contribution in [3.8, 4) is 11.4 Å². The highest BCUT2D eigenvalue weighted by molar-refractivity contribution is 6.24. The highest BCUT2D eigenvalue weighted by Crippen LogP contribution is 2.33. The van der Waals surface area contributed by atoms with E-state index in [2.05, 4.69) is 20.3 Å². The molecule has 4 aromatic rings. The van der Waals surface area contributed by atoms with E-state index in [1.807, 2.05) is 6.92 Å². The number of fused-ring (bicyclic) bond motifs is 4.